The average molecular weight is 539 g/mol. The Balaban J connectivity index is 1.36. The molecule has 2 heterocycles. The van der Waals surface area contributed by atoms with Crippen molar-refractivity contribution in [2.24, 2.45) is 11.8 Å². The molecule has 0 fully saturated rings. The van der Waals surface area contributed by atoms with E-state index in [-0.39, 0.29) is 23.5 Å². The van der Waals surface area contributed by atoms with Gasteiger partial charge < -0.3 is 20.6 Å². The molecule has 4 rings (SSSR count). The quantitative estimate of drug-likeness (QED) is 0.359. The molecular formula is C26H26N4O5S2. The molecule has 2 aromatic rings. The second-order valence-electron chi connectivity index (χ2n) is 8.86. The van der Waals surface area contributed by atoms with Crippen molar-refractivity contribution >= 4 is 57.5 Å². The summed E-state index contributed by atoms with van der Waals surface area (Å²) in [5.74, 6) is -2.91. The van der Waals surface area contributed by atoms with Gasteiger partial charge in [0, 0.05) is 28.9 Å². The Morgan fingerprint density at radius 2 is 1.95 bits per heavy atom. The molecule has 0 spiro atoms. The molecule has 2 aliphatic rings. The fourth-order valence-electron chi connectivity index (χ4n) is 4.47. The van der Waals surface area contributed by atoms with Gasteiger partial charge in [-0.05, 0) is 43.0 Å². The Kier molecular flexibility index (Phi) is 8.31. The van der Waals surface area contributed by atoms with Gasteiger partial charge in [-0.15, -0.1) is 23.1 Å². The number of nitriles is 1. The molecule has 1 aromatic carbocycles. The summed E-state index contributed by atoms with van der Waals surface area (Å²) in [6.45, 7) is 2.51. The third-order valence-corrected chi connectivity index (χ3v) is 8.55. The molecule has 3 amide bonds. The third-order valence-electron chi connectivity index (χ3n) is 6.42. The number of carboxylic acid groups (broad SMARTS) is 1. The normalized spacial score (nSPS) is 18.4. The van der Waals surface area contributed by atoms with Crippen molar-refractivity contribution in [2.45, 2.75) is 37.6 Å². The molecule has 1 aliphatic heterocycles. The van der Waals surface area contributed by atoms with Crippen LogP contribution in [0, 0.1) is 23.2 Å². The van der Waals surface area contributed by atoms with E-state index in [4.69, 9.17) is 0 Å². The zero-order valence-electron chi connectivity index (χ0n) is 20.2. The molecule has 11 heteroatoms. The van der Waals surface area contributed by atoms with E-state index in [0.717, 1.165) is 15.3 Å². The summed E-state index contributed by atoms with van der Waals surface area (Å²) < 4.78 is 0. The molecule has 2 atom stereocenters. The molecule has 0 bridgehead atoms. The van der Waals surface area contributed by atoms with E-state index in [9.17, 15) is 29.5 Å². The van der Waals surface area contributed by atoms with E-state index in [1.54, 1.807) is 29.2 Å². The lowest BCUT2D eigenvalue weighted by atomic mass is 9.82. The number of allylic oxidation sites excluding steroid dienone is 2. The second kappa shape index (κ2) is 11.6. The number of benzene rings is 1. The van der Waals surface area contributed by atoms with E-state index in [1.807, 2.05) is 12.1 Å². The molecule has 3 N–H and O–H groups in total. The average Bonchev–Trinajstić information content (AvgIpc) is 3.23. The van der Waals surface area contributed by atoms with Crippen LogP contribution in [-0.4, -0.2) is 46.0 Å². The van der Waals surface area contributed by atoms with Crippen molar-refractivity contribution < 1.29 is 24.3 Å². The summed E-state index contributed by atoms with van der Waals surface area (Å²) in [6, 6.07) is 9.23. The number of amides is 3. The van der Waals surface area contributed by atoms with Crippen molar-refractivity contribution in [3.63, 3.8) is 0 Å². The number of nitrogens with one attached hydrogen (secondary N) is 2. The number of aliphatic carboxylic acids is 1. The van der Waals surface area contributed by atoms with Crippen LogP contribution in [-0.2, 0) is 32.1 Å². The maximum Gasteiger partial charge on any atom is 0.307 e. The second-order valence-corrected chi connectivity index (χ2v) is 11.0. The van der Waals surface area contributed by atoms with Gasteiger partial charge in [0.25, 0.3) is 0 Å². The van der Waals surface area contributed by atoms with E-state index in [0.29, 0.717) is 48.6 Å². The van der Waals surface area contributed by atoms with E-state index < -0.39 is 17.8 Å². The van der Waals surface area contributed by atoms with Gasteiger partial charge in [0.15, 0.2) is 0 Å². The van der Waals surface area contributed by atoms with Crippen LogP contribution in [0.3, 0.4) is 0 Å². The smallest absolute Gasteiger partial charge is 0.307 e. The number of fused-ring (bicyclic) bond motifs is 1. The van der Waals surface area contributed by atoms with Gasteiger partial charge in [0.2, 0.25) is 17.7 Å². The standard InChI is InChI=1S/C26H26N4O5S2/c1-15(31)30-10-9-18-21(12-27)25(37-22(18)13-30)29-23(32)14-36-17-6-4-5-16(11-17)28-24(33)19-7-2-3-8-20(19)26(34)35/h2-6,11,19-20H,7-10,13-14H2,1H3,(H,28,33)(H,29,32)(H,34,35). The Bertz CT molecular complexity index is 1310. The minimum Gasteiger partial charge on any atom is -0.481 e. The zero-order chi connectivity index (χ0) is 26.5. The van der Waals surface area contributed by atoms with Crippen LogP contribution in [0.25, 0.3) is 0 Å². The lowest BCUT2D eigenvalue weighted by molar-refractivity contribution is -0.146. The summed E-state index contributed by atoms with van der Waals surface area (Å²) >= 11 is 2.61. The van der Waals surface area contributed by atoms with Crippen LogP contribution in [0.15, 0.2) is 41.3 Å². The molecule has 0 radical (unpaired) electrons. The number of carbonyl (C=O) groups excluding carboxylic acids is 3. The van der Waals surface area contributed by atoms with Crippen LogP contribution < -0.4 is 10.6 Å². The first kappa shape index (κ1) is 26.4. The summed E-state index contributed by atoms with van der Waals surface area (Å²) in [4.78, 5) is 52.0. The highest BCUT2D eigenvalue weighted by atomic mass is 32.2. The topological polar surface area (TPSA) is 140 Å². The molecule has 1 aromatic heterocycles. The molecular weight excluding hydrogens is 512 g/mol. The number of rotatable bonds is 7. The summed E-state index contributed by atoms with van der Waals surface area (Å²) in [7, 11) is 0. The maximum absolute atomic E-state index is 12.7. The molecule has 9 nitrogen and oxygen atoms in total. The molecule has 2 unspecified atom stereocenters. The fourth-order valence-corrected chi connectivity index (χ4v) is 6.45. The van der Waals surface area contributed by atoms with Crippen molar-refractivity contribution in [1.29, 1.82) is 5.26 Å². The largest absolute Gasteiger partial charge is 0.481 e. The SMILES string of the molecule is CC(=O)N1CCc2c(sc(NC(=O)CSc3cccc(NC(=O)C4CC=CCC4C(=O)O)c3)c2C#N)C1. The maximum atomic E-state index is 12.7. The van der Waals surface area contributed by atoms with Crippen LogP contribution in [0.5, 0.6) is 0 Å². The monoisotopic (exact) mass is 538 g/mol. The Hall–Kier alpha value is -3.62. The first-order valence-electron chi connectivity index (χ1n) is 11.8. The van der Waals surface area contributed by atoms with Gasteiger partial charge in [0.05, 0.1) is 29.7 Å². The van der Waals surface area contributed by atoms with E-state index in [1.165, 1.54) is 30.0 Å². The molecule has 0 saturated heterocycles. The minimum absolute atomic E-state index is 0.0183. The number of anilines is 2. The lowest BCUT2D eigenvalue weighted by Crippen LogP contribution is -2.34. The van der Waals surface area contributed by atoms with Gasteiger partial charge in [-0.3, -0.25) is 19.2 Å². The fraction of sp³-hybridized carbons (Fsp3) is 0.346. The van der Waals surface area contributed by atoms with Crippen LogP contribution in [0.1, 0.15) is 35.8 Å². The number of thiophene rings is 1. The number of hydrogen-bond donors (Lipinski definition) is 3. The van der Waals surface area contributed by atoms with Crippen molar-refractivity contribution in [1.82, 2.24) is 4.90 Å². The number of hydrogen-bond acceptors (Lipinski definition) is 7. The number of carbonyl (C=O) groups is 4. The van der Waals surface area contributed by atoms with Gasteiger partial charge in [-0.25, -0.2) is 0 Å². The number of carboxylic acids is 1. The first-order chi connectivity index (χ1) is 17.8. The van der Waals surface area contributed by atoms with Crippen molar-refractivity contribution in [3.05, 3.63) is 52.4 Å². The highest BCUT2D eigenvalue weighted by molar-refractivity contribution is 8.00. The summed E-state index contributed by atoms with van der Waals surface area (Å²) in [5.41, 5.74) is 1.89. The van der Waals surface area contributed by atoms with Crippen LogP contribution in [0.4, 0.5) is 10.7 Å². The van der Waals surface area contributed by atoms with E-state index in [2.05, 4.69) is 16.7 Å². The van der Waals surface area contributed by atoms with Gasteiger partial charge >= 0.3 is 5.97 Å². The number of thioether (sulfide) groups is 1. The van der Waals surface area contributed by atoms with Crippen molar-refractivity contribution in [2.75, 3.05) is 22.9 Å². The molecule has 0 saturated carbocycles. The van der Waals surface area contributed by atoms with Gasteiger partial charge in [-0.1, -0.05) is 18.2 Å². The van der Waals surface area contributed by atoms with E-state index >= 15 is 0 Å². The lowest BCUT2D eigenvalue weighted by Gasteiger charge is -2.25. The molecule has 37 heavy (non-hydrogen) atoms. The summed E-state index contributed by atoms with van der Waals surface area (Å²) in [5, 5.41) is 25.2. The Morgan fingerprint density at radius 1 is 1.19 bits per heavy atom. The van der Waals surface area contributed by atoms with Crippen LogP contribution >= 0.6 is 23.1 Å². The third kappa shape index (κ3) is 6.21. The predicted octanol–water partition coefficient (Wildman–Crippen LogP) is 3.86. The Labute approximate surface area is 222 Å². The Morgan fingerprint density at radius 3 is 2.65 bits per heavy atom. The summed E-state index contributed by atoms with van der Waals surface area (Å²) in [6.07, 6.45) is 4.91. The predicted molar refractivity (Wildman–Crippen MR) is 141 cm³/mol. The van der Waals surface area contributed by atoms with Crippen LogP contribution in [0.2, 0.25) is 0 Å². The minimum atomic E-state index is -0.984. The van der Waals surface area contributed by atoms with Gasteiger partial charge in [0.1, 0.15) is 11.1 Å². The molecule has 192 valence electrons. The highest BCUT2D eigenvalue weighted by Gasteiger charge is 2.34. The first-order valence-corrected chi connectivity index (χ1v) is 13.6. The van der Waals surface area contributed by atoms with Crippen molar-refractivity contribution in [3.8, 4) is 6.07 Å². The number of nitrogens with zero attached hydrogens (tertiary/aromatic N) is 2. The van der Waals surface area contributed by atoms with Gasteiger partial charge in [-0.2, -0.15) is 5.26 Å². The zero-order valence-corrected chi connectivity index (χ0v) is 21.8. The molecule has 1 aliphatic carbocycles. The highest BCUT2D eigenvalue weighted by Crippen LogP contribution is 2.37.